The van der Waals surface area contributed by atoms with Crippen molar-refractivity contribution < 1.29 is 0 Å². The maximum atomic E-state index is 6.09. The van der Waals surface area contributed by atoms with E-state index in [0.29, 0.717) is 28.3 Å². The molecule has 0 spiro atoms. The first kappa shape index (κ1) is 13.5. The summed E-state index contributed by atoms with van der Waals surface area (Å²) in [5, 5.41) is 3.89. The Balaban J connectivity index is 1.77. The minimum atomic E-state index is 0.474. The van der Waals surface area contributed by atoms with Gasteiger partial charge in [-0.1, -0.05) is 11.6 Å². The number of rotatable bonds is 4. The fourth-order valence-electron chi connectivity index (χ4n) is 1.97. The minimum Gasteiger partial charge on any atom is -0.351 e. The quantitative estimate of drug-likeness (QED) is 0.880. The fraction of sp³-hybridized carbons (Fsp3) is 0.385. The van der Waals surface area contributed by atoms with E-state index in [1.165, 1.54) is 19.3 Å². The topological polar surface area (TPSA) is 55.6 Å². The number of halogens is 1. The molecule has 0 unspecified atom stereocenters. The van der Waals surface area contributed by atoms with E-state index >= 15 is 0 Å². The lowest BCUT2D eigenvalue weighted by molar-refractivity contribution is 0.442. The van der Waals surface area contributed by atoms with Crippen molar-refractivity contribution in [1.29, 1.82) is 0 Å². The molecule has 0 radical (unpaired) electrons. The average molecular weight is 308 g/mol. The van der Waals surface area contributed by atoms with Crippen LogP contribution in [0.4, 0.5) is 5.95 Å². The molecule has 20 heavy (non-hydrogen) atoms. The number of aromatic nitrogens is 4. The van der Waals surface area contributed by atoms with Gasteiger partial charge in [-0.15, -0.1) is 0 Å². The van der Waals surface area contributed by atoms with E-state index < -0.39 is 0 Å². The highest BCUT2D eigenvalue weighted by atomic mass is 35.5. The normalized spacial score (nSPS) is 14.8. The average Bonchev–Trinajstić information content (AvgIpc) is 2.39. The molecule has 0 bridgehead atoms. The van der Waals surface area contributed by atoms with Crippen LogP contribution in [-0.2, 0) is 6.54 Å². The highest BCUT2D eigenvalue weighted by Crippen LogP contribution is 2.21. The van der Waals surface area contributed by atoms with Crippen molar-refractivity contribution >= 4 is 29.8 Å². The van der Waals surface area contributed by atoms with Gasteiger partial charge in [-0.25, -0.2) is 4.98 Å². The van der Waals surface area contributed by atoms with Crippen molar-refractivity contribution in [2.45, 2.75) is 31.8 Å². The van der Waals surface area contributed by atoms with Crippen LogP contribution in [0.5, 0.6) is 0 Å². The van der Waals surface area contributed by atoms with Crippen LogP contribution < -0.4 is 5.32 Å². The van der Waals surface area contributed by atoms with Crippen LogP contribution in [0.2, 0.25) is 5.02 Å². The number of pyridine rings is 1. The Morgan fingerprint density at radius 2 is 2.25 bits per heavy atom. The third kappa shape index (κ3) is 2.96. The van der Waals surface area contributed by atoms with E-state index in [0.717, 1.165) is 5.69 Å². The monoisotopic (exact) mass is 307 g/mol. The Morgan fingerprint density at radius 1 is 1.40 bits per heavy atom. The molecule has 5 nitrogen and oxygen atoms in total. The molecule has 0 aromatic carbocycles. The first-order valence-electron chi connectivity index (χ1n) is 6.52. The molecule has 1 aliphatic carbocycles. The molecule has 2 aromatic rings. The molecule has 0 aliphatic heterocycles. The van der Waals surface area contributed by atoms with E-state index in [4.69, 9.17) is 23.8 Å². The van der Waals surface area contributed by atoms with Crippen molar-refractivity contribution in [3.05, 3.63) is 40.1 Å². The smallest absolute Gasteiger partial charge is 0.227 e. The summed E-state index contributed by atoms with van der Waals surface area (Å²) in [6, 6.07) is 4.10. The van der Waals surface area contributed by atoms with E-state index in [-0.39, 0.29) is 0 Å². The third-order valence-corrected chi connectivity index (χ3v) is 4.03. The molecule has 2 heterocycles. The maximum absolute atomic E-state index is 6.09. The van der Waals surface area contributed by atoms with Crippen molar-refractivity contribution in [1.82, 2.24) is 19.5 Å². The van der Waals surface area contributed by atoms with Gasteiger partial charge in [0.15, 0.2) is 0 Å². The Hall–Kier alpha value is -1.53. The van der Waals surface area contributed by atoms with Crippen LogP contribution in [0.3, 0.4) is 0 Å². The molecule has 0 saturated heterocycles. The Morgan fingerprint density at radius 3 is 2.90 bits per heavy atom. The van der Waals surface area contributed by atoms with E-state index in [1.54, 1.807) is 29.2 Å². The molecule has 1 saturated carbocycles. The summed E-state index contributed by atoms with van der Waals surface area (Å²) in [4.78, 5) is 12.8. The largest absolute Gasteiger partial charge is 0.351 e. The van der Waals surface area contributed by atoms with Gasteiger partial charge in [0.2, 0.25) is 10.7 Å². The molecule has 0 atom stereocenters. The number of hydrogen-bond donors (Lipinski definition) is 1. The first-order valence-corrected chi connectivity index (χ1v) is 7.30. The van der Waals surface area contributed by atoms with Gasteiger partial charge in [-0.3, -0.25) is 4.98 Å². The number of anilines is 1. The molecule has 1 aliphatic rings. The highest BCUT2D eigenvalue weighted by molar-refractivity contribution is 7.71. The van der Waals surface area contributed by atoms with Gasteiger partial charge in [-0.2, -0.15) is 4.98 Å². The summed E-state index contributed by atoms with van der Waals surface area (Å²) in [5.74, 6) is 0.600. The van der Waals surface area contributed by atoms with Crippen molar-refractivity contribution in [3.8, 4) is 0 Å². The summed E-state index contributed by atoms with van der Waals surface area (Å²) in [5.41, 5.74) is 0.758. The van der Waals surface area contributed by atoms with Crippen LogP contribution in [0.25, 0.3) is 0 Å². The van der Waals surface area contributed by atoms with Crippen molar-refractivity contribution in [2.75, 3.05) is 5.32 Å². The van der Waals surface area contributed by atoms with E-state index in [2.05, 4.69) is 20.3 Å². The minimum absolute atomic E-state index is 0.474. The second kappa shape index (κ2) is 5.85. The number of hydrogen-bond acceptors (Lipinski definition) is 5. The summed E-state index contributed by atoms with van der Waals surface area (Å²) in [7, 11) is 0. The molecule has 104 valence electrons. The van der Waals surface area contributed by atoms with Gasteiger partial charge in [0, 0.05) is 12.2 Å². The molecular weight excluding hydrogens is 294 g/mol. The van der Waals surface area contributed by atoms with E-state index in [1.807, 2.05) is 0 Å². The standard InChI is InChI=1S/C13H14ClN5S/c14-10-5-2-6-15-11(10)7-19-8-16-12(18-13(19)20)17-9-3-1-4-9/h2,5-6,8-9H,1,3-4,7H2,(H,17,18,20). The first-order chi connectivity index (χ1) is 9.72. The Kier molecular flexibility index (Phi) is 3.93. The third-order valence-electron chi connectivity index (χ3n) is 3.36. The van der Waals surface area contributed by atoms with E-state index in [9.17, 15) is 0 Å². The summed E-state index contributed by atoms with van der Waals surface area (Å²) in [6.45, 7) is 0.474. The molecule has 1 fully saturated rings. The molecule has 3 rings (SSSR count). The lowest BCUT2D eigenvalue weighted by Gasteiger charge is -2.26. The van der Waals surface area contributed by atoms with Crippen molar-refractivity contribution in [3.63, 3.8) is 0 Å². The fourth-order valence-corrected chi connectivity index (χ4v) is 2.35. The molecule has 1 N–H and O–H groups in total. The Labute approximate surface area is 127 Å². The summed E-state index contributed by atoms with van der Waals surface area (Å²) >= 11 is 11.4. The molecule has 7 heteroatoms. The van der Waals surface area contributed by atoms with Gasteiger partial charge < -0.3 is 9.88 Å². The predicted octanol–water partition coefficient (Wildman–Crippen LogP) is 3.07. The van der Waals surface area contributed by atoms with Crippen LogP contribution in [0, 0.1) is 4.77 Å². The molecule has 2 aromatic heterocycles. The zero-order chi connectivity index (χ0) is 13.9. The lowest BCUT2D eigenvalue weighted by Crippen LogP contribution is -2.28. The van der Waals surface area contributed by atoms with Gasteiger partial charge in [0.1, 0.15) is 6.33 Å². The summed E-state index contributed by atoms with van der Waals surface area (Å²) in [6.07, 6.45) is 7.01. The zero-order valence-corrected chi connectivity index (χ0v) is 12.4. The lowest BCUT2D eigenvalue weighted by atomic mass is 9.93. The van der Waals surface area contributed by atoms with Crippen LogP contribution in [0.15, 0.2) is 24.7 Å². The van der Waals surface area contributed by atoms with Gasteiger partial charge in [-0.05, 0) is 43.6 Å². The second-order valence-electron chi connectivity index (χ2n) is 4.79. The second-order valence-corrected chi connectivity index (χ2v) is 5.57. The van der Waals surface area contributed by atoms with Crippen LogP contribution in [-0.4, -0.2) is 25.6 Å². The van der Waals surface area contributed by atoms with Crippen LogP contribution in [0.1, 0.15) is 25.0 Å². The summed E-state index contributed by atoms with van der Waals surface area (Å²) < 4.78 is 2.23. The molecule has 0 amide bonds. The Bertz CT molecular complexity index is 668. The zero-order valence-electron chi connectivity index (χ0n) is 10.8. The van der Waals surface area contributed by atoms with Gasteiger partial charge in [0.25, 0.3) is 0 Å². The number of nitrogens with zero attached hydrogens (tertiary/aromatic N) is 4. The predicted molar refractivity (Wildman–Crippen MR) is 80.5 cm³/mol. The highest BCUT2D eigenvalue weighted by Gasteiger charge is 2.17. The van der Waals surface area contributed by atoms with Gasteiger partial charge in [0.05, 0.1) is 17.3 Å². The molecular formula is C13H14ClN5S. The van der Waals surface area contributed by atoms with Gasteiger partial charge >= 0.3 is 0 Å². The van der Waals surface area contributed by atoms with Crippen LogP contribution >= 0.6 is 23.8 Å². The SMILES string of the molecule is S=c1nc(NC2CCC2)ncn1Cc1ncccc1Cl. The maximum Gasteiger partial charge on any atom is 0.227 e. The number of nitrogens with one attached hydrogen (secondary N) is 1. The van der Waals surface area contributed by atoms with Crippen molar-refractivity contribution in [2.24, 2.45) is 0 Å².